The average molecular weight is 717 g/mol. The van der Waals surface area contributed by atoms with Crippen LogP contribution < -0.4 is 15.0 Å². The molecule has 4 aromatic rings. The van der Waals surface area contributed by atoms with E-state index in [1.165, 1.54) is 17.0 Å². The van der Waals surface area contributed by atoms with E-state index >= 15 is 0 Å². The number of rotatable bonds is 10. The van der Waals surface area contributed by atoms with Crippen LogP contribution in [-0.2, 0) is 32.6 Å². The van der Waals surface area contributed by atoms with Crippen molar-refractivity contribution in [2.24, 2.45) is 0 Å². The molecule has 1 heterocycles. The summed E-state index contributed by atoms with van der Waals surface area (Å²) in [6, 6.07) is 27.6. The fourth-order valence-corrected chi connectivity index (χ4v) is 6.72. The summed E-state index contributed by atoms with van der Waals surface area (Å²) in [5.41, 5.74) is 2.07. The SMILES string of the molecule is O=C(NCCc1ccccc1)[C@H]1CN(C(=O)CN(Cc2ccc(Cl)c(Cl)c2)S(=O)(=O)c2ccc(Br)cc2)c2ccccc2O1. The van der Waals surface area contributed by atoms with Gasteiger partial charge < -0.3 is 15.0 Å². The van der Waals surface area contributed by atoms with Crippen LogP contribution in [0.5, 0.6) is 5.75 Å². The van der Waals surface area contributed by atoms with Gasteiger partial charge in [-0.15, -0.1) is 0 Å². The molecule has 0 aliphatic carbocycles. The number of amides is 2. The number of nitrogens with one attached hydrogen (secondary N) is 1. The van der Waals surface area contributed by atoms with Gasteiger partial charge in [0.05, 0.1) is 33.7 Å². The predicted molar refractivity (Wildman–Crippen MR) is 175 cm³/mol. The zero-order valence-corrected chi connectivity index (χ0v) is 27.2. The molecule has 1 atom stereocenters. The van der Waals surface area contributed by atoms with E-state index in [0.29, 0.717) is 39.5 Å². The molecule has 5 rings (SSSR count). The number of carbonyl (C=O) groups is 2. The molecule has 0 saturated carbocycles. The first-order chi connectivity index (χ1) is 21.1. The number of anilines is 1. The fourth-order valence-electron chi connectivity index (χ4n) is 4.75. The lowest BCUT2D eigenvalue weighted by Gasteiger charge is -2.35. The normalized spacial score (nSPS) is 14.5. The molecule has 0 fully saturated rings. The van der Waals surface area contributed by atoms with Crippen LogP contribution in [0.4, 0.5) is 5.69 Å². The summed E-state index contributed by atoms with van der Waals surface area (Å²) >= 11 is 15.6. The molecule has 4 aromatic carbocycles. The van der Waals surface area contributed by atoms with E-state index in [2.05, 4.69) is 21.2 Å². The number of nitrogens with zero attached hydrogens (tertiary/aromatic N) is 2. The third-order valence-corrected chi connectivity index (χ3v) is 10.1. The summed E-state index contributed by atoms with van der Waals surface area (Å²) in [6.07, 6.45) is -0.355. The molecule has 0 unspecified atom stereocenters. The molecule has 0 spiro atoms. The van der Waals surface area contributed by atoms with Crippen LogP contribution in [0, 0.1) is 0 Å². The van der Waals surface area contributed by atoms with E-state index in [4.69, 9.17) is 27.9 Å². The molecule has 12 heteroatoms. The summed E-state index contributed by atoms with van der Waals surface area (Å²) in [7, 11) is -4.14. The van der Waals surface area contributed by atoms with Gasteiger partial charge in [-0.05, 0) is 66.1 Å². The first kappa shape index (κ1) is 32.0. The number of halogens is 3. The Morgan fingerprint density at radius 3 is 2.34 bits per heavy atom. The Balaban J connectivity index is 1.38. The third-order valence-electron chi connectivity index (χ3n) is 7.03. The predicted octanol–water partition coefficient (Wildman–Crippen LogP) is 6.10. The van der Waals surface area contributed by atoms with E-state index < -0.39 is 28.6 Å². The maximum absolute atomic E-state index is 14.0. The number of benzene rings is 4. The van der Waals surface area contributed by atoms with Crippen molar-refractivity contribution in [3.8, 4) is 5.75 Å². The highest BCUT2D eigenvalue weighted by atomic mass is 79.9. The van der Waals surface area contributed by atoms with E-state index in [1.54, 1.807) is 54.6 Å². The van der Waals surface area contributed by atoms with Crippen LogP contribution in [0.15, 0.2) is 106 Å². The molecular weight excluding hydrogens is 689 g/mol. The average Bonchev–Trinajstić information content (AvgIpc) is 3.02. The number of hydrogen-bond acceptors (Lipinski definition) is 5. The minimum absolute atomic E-state index is 0.0200. The molecule has 44 heavy (non-hydrogen) atoms. The van der Waals surface area contributed by atoms with Crippen molar-refractivity contribution in [2.45, 2.75) is 24.0 Å². The zero-order valence-electron chi connectivity index (χ0n) is 23.3. The van der Waals surface area contributed by atoms with Crippen molar-refractivity contribution >= 4 is 66.7 Å². The number of sulfonamides is 1. The largest absolute Gasteiger partial charge is 0.477 e. The van der Waals surface area contributed by atoms with Crippen LogP contribution >= 0.6 is 39.1 Å². The lowest BCUT2D eigenvalue weighted by molar-refractivity contribution is -0.128. The van der Waals surface area contributed by atoms with Gasteiger partial charge in [0.1, 0.15) is 5.75 Å². The van der Waals surface area contributed by atoms with E-state index in [1.807, 2.05) is 30.3 Å². The second-order valence-electron chi connectivity index (χ2n) is 10.1. The first-order valence-corrected chi connectivity index (χ1v) is 16.7. The Morgan fingerprint density at radius 1 is 0.909 bits per heavy atom. The highest BCUT2D eigenvalue weighted by Gasteiger charge is 2.36. The van der Waals surface area contributed by atoms with Gasteiger partial charge in [0, 0.05) is 17.6 Å². The number of carbonyl (C=O) groups excluding carboxylic acids is 2. The van der Waals surface area contributed by atoms with Crippen molar-refractivity contribution in [3.63, 3.8) is 0 Å². The van der Waals surface area contributed by atoms with Gasteiger partial charge in [-0.2, -0.15) is 4.31 Å². The number of para-hydroxylation sites is 2. The Hall–Kier alpha value is -3.41. The lowest BCUT2D eigenvalue weighted by atomic mass is 10.1. The van der Waals surface area contributed by atoms with Crippen LogP contribution in [0.2, 0.25) is 10.0 Å². The van der Waals surface area contributed by atoms with Gasteiger partial charge >= 0.3 is 0 Å². The van der Waals surface area contributed by atoms with Gasteiger partial charge in [-0.25, -0.2) is 8.42 Å². The van der Waals surface area contributed by atoms with Crippen molar-refractivity contribution < 1.29 is 22.7 Å². The third kappa shape index (κ3) is 7.62. The van der Waals surface area contributed by atoms with E-state index in [0.717, 1.165) is 9.87 Å². The highest BCUT2D eigenvalue weighted by molar-refractivity contribution is 9.10. The second kappa shape index (κ2) is 14.1. The van der Waals surface area contributed by atoms with Crippen LogP contribution in [-0.4, -0.2) is 50.3 Å². The van der Waals surface area contributed by atoms with Crippen molar-refractivity contribution in [3.05, 3.63) is 123 Å². The minimum Gasteiger partial charge on any atom is -0.477 e. The van der Waals surface area contributed by atoms with Gasteiger partial charge in [0.15, 0.2) is 6.10 Å². The molecular formula is C32H28BrCl2N3O5S. The number of hydrogen-bond donors (Lipinski definition) is 1. The van der Waals surface area contributed by atoms with Gasteiger partial charge in [0.2, 0.25) is 15.9 Å². The van der Waals surface area contributed by atoms with Gasteiger partial charge in [0.25, 0.3) is 5.91 Å². The molecule has 1 aliphatic heterocycles. The monoisotopic (exact) mass is 715 g/mol. The zero-order chi connectivity index (χ0) is 31.3. The molecule has 228 valence electrons. The molecule has 0 saturated heterocycles. The Morgan fingerprint density at radius 2 is 1.61 bits per heavy atom. The molecule has 0 radical (unpaired) electrons. The van der Waals surface area contributed by atoms with Crippen molar-refractivity contribution in [2.75, 3.05) is 24.5 Å². The topological polar surface area (TPSA) is 96.0 Å². The van der Waals surface area contributed by atoms with Crippen LogP contribution in [0.3, 0.4) is 0 Å². The van der Waals surface area contributed by atoms with Gasteiger partial charge in [-0.3, -0.25) is 9.59 Å². The molecule has 1 N–H and O–H groups in total. The minimum atomic E-state index is -4.14. The smallest absolute Gasteiger partial charge is 0.262 e. The quantitative estimate of drug-likeness (QED) is 0.214. The molecule has 8 nitrogen and oxygen atoms in total. The highest BCUT2D eigenvalue weighted by Crippen LogP contribution is 2.34. The van der Waals surface area contributed by atoms with Gasteiger partial charge in [-0.1, -0.05) is 87.7 Å². The summed E-state index contributed by atoms with van der Waals surface area (Å²) < 4.78 is 35.5. The number of ether oxygens (including phenoxy) is 1. The van der Waals surface area contributed by atoms with Crippen molar-refractivity contribution in [1.29, 1.82) is 0 Å². The lowest BCUT2D eigenvalue weighted by Crippen LogP contribution is -2.53. The Bertz CT molecular complexity index is 1760. The fraction of sp³-hybridized carbons (Fsp3) is 0.188. The number of fused-ring (bicyclic) bond motifs is 1. The first-order valence-electron chi connectivity index (χ1n) is 13.7. The molecule has 0 bridgehead atoms. The standard InChI is InChI=1S/C32H28BrCl2N3O5S/c33-24-11-13-25(14-12-24)44(41,42)37(19-23-10-15-26(34)27(35)18-23)21-31(39)38-20-30(43-29-9-5-4-8-28(29)38)32(40)36-17-16-22-6-2-1-3-7-22/h1-15,18,30H,16-17,19-21H2,(H,36,40)/t30-/m1/s1. The second-order valence-corrected chi connectivity index (χ2v) is 13.7. The van der Waals surface area contributed by atoms with E-state index in [-0.39, 0.29) is 28.9 Å². The van der Waals surface area contributed by atoms with Crippen molar-refractivity contribution in [1.82, 2.24) is 9.62 Å². The summed E-state index contributed by atoms with van der Waals surface area (Å²) in [4.78, 5) is 28.5. The molecule has 1 aliphatic rings. The van der Waals surface area contributed by atoms with Crippen LogP contribution in [0.25, 0.3) is 0 Å². The summed E-state index contributed by atoms with van der Waals surface area (Å²) in [6.45, 7) is -0.348. The van der Waals surface area contributed by atoms with Crippen LogP contribution in [0.1, 0.15) is 11.1 Å². The molecule has 2 amide bonds. The Labute approximate surface area is 274 Å². The summed E-state index contributed by atoms with van der Waals surface area (Å²) in [5, 5.41) is 3.48. The maximum Gasteiger partial charge on any atom is 0.262 e. The maximum atomic E-state index is 14.0. The summed E-state index contributed by atoms with van der Waals surface area (Å²) in [5.74, 6) is -0.547. The Kier molecular flexibility index (Phi) is 10.3. The van der Waals surface area contributed by atoms with E-state index in [9.17, 15) is 18.0 Å². The molecule has 0 aromatic heterocycles.